The van der Waals surface area contributed by atoms with Gasteiger partial charge in [0, 0.05) is 11.8 Å². The molecule has 1 aromatic rings. The van der Waals surface area contributed by atoms with E-state index in [1.807, 2.05) is 18.2 Å². The van der Waals surface area contributed by atoms with Crippen LogP contribution in [0, 0.1) is 46.8 Å². The Balaban J connectivity index is 1.16. The van der Waals surface area contributed by atoms with E-state index in [2.05, 4.69) is 41.6 Å². The number of amides is 2. The number of rotatable bonds is 10. The summed E-state index contributed by atoms with van der Waals surface area (Å²) in [6.45, 7) is 7.82. The molecule has 2 amide bonds. The summed E-state index contributed by atoms with van der Waals surface area (Å²) in [5, 5.41) is 30.5. The van der Waals surface area contributed by atoms with Gasteiger partial charge in [-0.25, -0.2) is 4.79 Å². The number of oxime groups is 1. The first-order valence-electron chi connectivity index (χ1n) is 16.8. The van der Waals surface area contributed by atoms with Gasteiger partial charge < -0.3 is 25.7 Å². The van der Waals surface area contributed by atoms with E-state index in [9.17, 15) is 24.6 Å². The lowest BCUT2D eigenvalue weighted by Crippen LogP contribution is -2.54. The largest absolute Gasteiger partial charge is 0.480 e. The van der Waals surface area contributed by atoms with Gasteiger partial charge in [0.15, 0.2) is 6.61 Å². The van der Waals surface area contributed by atoms with Gasteiger partial charge in [0.05, 0.1) is 5.71 Å². The van der Waals surface area contributed by atoms with Gasteiger partial charge in [-0.3, -0.25) is 9.59 Å². The third kappa shape index (κ3) is 6.33. The molecule has 4 aliphatic rings. The van der Waals surface area contributed by atoms with Crippen molar-refractivity contribution in [1.82, 2.24) is 10.6 Å². The van der Waals surface area contributed by atoms with Crippen LogP contribution in [-0.4, -0.2) is 58.0 Å². The van der Waals surface area contributed by atoms with Gasteiger partial charge in [-0.2, -0.15) is 0 Å². The summed E-state index contributed by atoms with van der Waals surface area (Å²) >= 11 is 0. The molecule has 0 radical (unpaired) electrons. The Labute approximate surface area is 272 Å². The minimum Gasteiger partial charge on any atom is -0.480 e. The molecule has 4 aliphatic carbocycles. The van der Waals surface area contributed by atoms with Crippen molar-refractivity contribution in [2.24, 2.45) is 39.7 Å². The predicted octanol–water partition coefficient (Wildman–Crippen LogP) is 4.64. The maximum Gasteiger partial charge on any atom is 0.326 e. The molecule has 1 aromatic carbocycles. The third-order valence-corrected chi connectivity index (χ3v) is 11.9. The Morgan fingerprint density at radius 1 is 1.04 bits per heavy atom. The zero-order valence-corrected chi connectivity index (χ0v) is 27.6. The number of hydrogen-bond donors (Lipinski definition) is 4. The van der Waals surface area contributed by atoms with Crippen molar-refractivity contribution in [3.05, 3.63) is 47.5 Å². The molecule has 0 bridgehead atoms. The zero-order chi connectivity index (χ0) is 33.3. The highest BCUT2D eigenvalue weighted by atomic mass is 16.6. The number of fused-ring (bicyclic) bond motifs is 5. The normalized spacial score (nSPS) is 33.8. The van der Waals surface area contributed by atoms with Crippen molar-refractivity contribution < 1.29 is 29.4 Å². The van der Waals surface area contributed by atoms with Gasteiger partial charge in [-0.15, -0.1) is 6.42 Å². The van der Waals surface area contributed by atoms with E-state index >= 15 is 0 Å². The van der Waals surface area contributed by atoms with Crippen molar-refractivity contribution in [2.75, 3.05) is 6.61 Å². The van der Waals surface area contributed by atoms with Crippen LogP contribution in [0.5, 0.6) is 0 Å². The van der Waals surface area contributed by atoms with E-state index in [1.54, 1.807) is 26.0 Å². The van der Waals surface area contributed by atoms with E-state index in [-0.39, 0.29) is 29.8 Å². The minimum absolute atomic E-state index is 0.0731. The Kier molecular flexibility index (Phi) is 9.70. The highest BCUT2D eigenvalue weighted by molar-refractivity contribution is 5.96. The fourth-order valence-electron chi connectivity index (χ4n) is 9.13. The van der Waals surface area contributed by atoms with Crippen LogP contribution in [0.15, 0.2) is 47.1 Å². The van der Waals surface area contributed by atoms with Crippen LogP contribution in [-0.2, 0) is 25.6 Å². The number of allylic oxidation sites excluding steroid dienone is 2. The number of carbonyl (C=O) groups is 3. The molecule has 9 nitrogen and oxygen atoms in total. The Morgan fingerprint density at radius 2 is 1.76 bits per heavy atom. The number of nitrogens with zero attached hydrogens (tertiary/aromatic N) is 1. The van der Waals surface area contributed by atoms with Crippen LogP contribution in [0.4, 0.5) is 0 Å². The quantitative estimate of drug-likeness (QED) is 0.219. The monoisotopic (exact) mass is 631 g/mol. The topological polar surface area (TPSA) is 137 Å². The molecule has 248 valence electrons. The molecular weight excluding hydrogens is 582 g/mol. The molecule has 0 heterocycles. The number of carboxylic acids is 1. The average molecular weight is 632 g/mol. The summed E-state index contributed by atoms with van der Waals surface area (Å²) in [7, 11) is 0. The lowest BCUT2D eigenvalue weighted by atomic mass is 9.46. The second-order valence-electron chi connectivity index (χ2n) is 14.7. The molecule has 9 heteroatoms. The lowest BCUT2D eigenvalue weighted by Gasteiger charge is -2.58. The number of carboxylic acid groups (broad SMARTS) is 1. The summed E-state index contributed by atoms with van der Waals surface area (Å²) in [6.07, 6.45) is 15.6. The van der Waals surface area contributed by atoms with E-state index < -0.39 is 35.5 Å². The first-order chi connectivity index (χ1) is 21.8. The molecule has 46 heavy (non-hydrogen) atoms. The summed E-state index contributed by atoms with van der Waals surface area (Å²) in [4.78, 5) is 43.2. The van der Waals surface area contributed by atoms with E-state index in [4.69, 9.17) is 11.3 Å². The molecule has 0 aliphatic heterocycles. The highest BCUT2D eigenvalue weighted by Crippen LogP contribution is 2.67. The Bertz CT molecular complexity index is 1430. The van der Waals surface area contributed by atoms with Crippen molar-refractivity contribution in [2.45, 2.75) is 103 Å². The standard InChI is InChI=1S/C37H49N3O6/c1-6-37(45)19-16-29-27-13-12-25-21-26(14-17-35(25,4)28(27)15-18-36(29,37)5)40-46-22-31(41)39-32(23(2)3)33(42)38-30(34(43)44)20-24-10-8-7-9-11-24/h1,7-11,21,23,27-30,32,45H,12-20,22H2,2-5H3,(H,38,42)(H,39,41)(H,43,44). The first-order valence-corrected chi connectivity index (χ1v) is 16.8. The van der Waals surface area contributed by atoms with Crippen LogP contribution < -0.4 is 10.6 Å². The summed E-state index contributed by atoms with van der Waals surface area (Å²) in [5.41, 5.74) is 1.84. The molecule has 3 fully saturated rings. The maximum atomic E-state index is 13.1. The van der Waals surface area contributed by atoms with Crippen LogP contribution >= 0.6 is 0 Å². The Morgan fingerprint density at radius 3 is 2.43 bits per heavy atom. The van der Waals surface area contributed by atoms with Gasteiger partial charge in [0.1, 0.15) is 17.7 Å². The second kappa shape index (κ2) is 13.2. The van der Waals surface area contributed by atoms with Crippen molar-refractivity contribution in [3.8, 4) is 12.3 Å². The fraction of sp³-hybridized carbons (Fsp3) is 0.622. The van der Waals surface area contributed by atoms with Crippen molar-refractivity contribution in [3.63, 3.8) is 0 Å². The maximum absolute atomic E-state index is 13.1. The number of benzene rings is 1. The molecule has 8 atom stereocenters. The molecule has 0 saturated heterocycles. The van der Waals surface area contributed by atoms with E-state index in [0.717, 1.165) is 56.2 Å². The lowest BCUT2D eigenvalue weighted by molar-refractivity contribution is -0.142. The second-order valence-corrected chi connectivity index (χ2v) is 14.7. The highest BCUT2D eigenvalue weighted by Gasteiger charge is 2.63. The third-order valence-electron chi connectivity index (χ3n) is 11.9. The predicted molar refractivity (Wildman–Crippen MR) is 175 cm³/mol. The number of terminal acetylenes is 1. The van der Waals surface area contributed by atoms with E-state index in [0.29, 0.717) is 24.2 Å². The van der Waals surface area contributed by atoms with Crippen molar-refractivity contribution in [1.29, 1.82) is 0 Å². The number of carbonyl (C=O) groups excluding carboxylic acids is 2. The molecule has 4 N–H and O–H groups in total. The molecule has 8 unspecified atom stereocenters. The fourth-order valence-corrected chi connectivity index (χ4v) is 9.13. The molecule has 5 rings (SSSR count). The Hall–Kier alpha value is -3.64. The van der Waals surface area contributed by atoms with Gasteiger partial charge in [-0.1, -0.05) is 74.7 Å². The smallest absolute Gasteiger partial charge is 0.326 e. The number of nitrogens with one attached hydrogen (secondary N) is 2. The molecular formula is C37H49N3O6. The molecule has 3 saturated carbocycles. The number of aliphatic carboxylic acids is 1. The van der Waals surface area contributed by atoms with Gasteiger partial charge in [-0.05, 0) is 92.1 Å². The SMILES string of the molecule is C#CC1(O)CCC2C3CCC4=CC(=NOCC(=O)NC(C(=O)NC(Cc5ccccc5)C(=O)O)C(C)C)CCC4(C)C3CCC21C. The number of aliphatic hydroxyl groups is 1. The van der Waals surface area contributed by atoms with Crippen molar-refractivity contribution >= 4 is 23.5 Å². The van der Waals surface area contributed by atoms with Gasteiger partial charge in [0.25, 0.3) is 5.91 Å². The van der Waals surface area contributed by atoms with Crippen LogP contribution in [0.3, 0.4) is 0 Å². The molecule has 0 aromatic heterocycles. The van der Waals surface area contributed by atoms with Gasteiger partial charge >= 0.3 is 5.97 Å². The summed E-state index contributed by atoms with van der Waals surface area (Å²) in [5.74, 6) is 1.81. The van der Waals surface area contributed by atoms with Crippen LogP contribution in [0.25, 0.3) is 0 Å². The minimum atomic E-state index is -1.15. The van der Waals surface area contributed by atoms with Gasteiger partial charge in [0.2, 0.25) is 5.91 Å². The first kappa shape index (κ1) is 33.7. The van der Waals surface area contributed by atoms with Crippen LogP contribution in [0.2, 0.25) is 0 Å². The molecule has 0 spiro atoms. The summed E-state index contributed by atoms with van der Waals surface area (Å²) in [6, 6.07) is 7.02. The average Bonchev–Trinajstić information content (AvgIpc) is 3.30. The van der Waals surface area contributed by atoms with Crippen LogP contribution in [0.1, 0.15) is 84.6 Å². The van der Waals surface area contributed by atoms with E-state index in [1.165, 1.54) is 5.57 Å². The number of hydrogen-bond acceptors (Lipinski definition) is 6. The summed E-state index contributed by atoms with van der Waals surface area (Å²) < 4.78 is 0. The zero-order valence-electron chi connectivity index (χ0n) is 27.6.